The van der Waals surface area contributed by atoms with Crippen LogP contribution in [0.5, 0.6) is 0 Å². The van der Waals surface area contributed by atoms with E-state index in [1.807, 2.05) is 37.3 Å². The van der Waals surface area contributed by atoms with E-state index in [1.165, 1.54) is 0 Å². The average Bonchev–Trinajstić information content (AvgIpc) is 2.72. The molecular formula is C21H27ClN4O2. The van der Waals surface area contributed by atoms with E-state index in [0.29, 0.717) is 10.6 Å². The molecule has 0 spiro atoms. The van der Waals surface area contributed by atoms with Gasteiger partial charge in [0, 0.05) is 35.4 Å². The Morgan fingerprint density at radius 1 is 1.00 bits per heavy atom. The Kier molecular flexibility index (Phi) is 8.29. The second-order valence-electron chi connectivity index (χ2n) is 6.35. The van der Waals surface area contributed by atoms with Crippen LogP contribution in [0, 0.1) is 0 Å². The second kappa shape index (κ2) is 10.7. The smallest absolute Gasteiger partial charge is 0.269 e. The Morgan fingerprint density at radius 3 is 2.25 bits per heavy atom. The van der Waals surface area contributed by atoms with Crippen molar-refractivity contribution in [3.05, 3.63) is 64.7 Å². The number of amides is 2. The van der Waals surface area contributed by atoms with Crippen molar-refractivity contribution in [1.82, 2.24) is 16.2 Å². The molecule has 150 valence electrons. The zero-order chi connectivity index (χ0) is 20.5. The fourth-order valence-electron chi connectivity index (χ4n) is 2.84. The lowest BCUT2D eigenvalue weighted by Gasteiger charge is -2.21. The van der Waals surface area contributed by atoms with Crippen molar-refractivity contribution in [2.75, 3.05) is 24.5 Å². The van der Waals surface area contributed by atoms with E-state index in [-0.39, 0.29) is 24.4 Å². The molecule has 3 N–H and O–H groups in total. The summed E-state index contributed by atoms with van der Waals surface area (Å²) >= 11 is 6.15. The van der Waals surface area contributed by atoms with Gasteiger partial charge in [-0.05, 0) is 56.7 Å². The summed E-state index contributed by atoms with van der Waals surface area (Å²) in [6.07, 6.45) is 0. The van der Waals surface area contributed by atoms with Crippen molar-refractivity contribution in [3.63, 3.8) is 0 Å². The molecule has 0 bridgehead atoms. The quantitative estimate of drug-likeness (QED) is 0.592. The molecule has 0 aliphatic heterocycles. The standard InChI is InChI=1S/C21H27ClN4O2/c1-4-26(5-2)17-12-10-16(11-13-17)21(28)25-24-20(27)14-23-15(3)18-8-6-7-9-19(18)22/h6-13,15,23H,4-5,14H2,1-3H3,(H,24,27)(H,25,28)/t15-/m0/s1. The molecule has 2 amide bonds. The van der Waals surface area contributed by atoms with Crippen LogP contribution in [0.4, 0.5) is 5.69 Å². The number of anilines is 1. The largest absolute Gasteiger partial charge is 0.372 e. The summed E-state index contributed by atoms with van der Waals surface area (Å²) in [6, 6.07) is 14.7. The van der Waals surface area contributed by atoms with Gasteiger partial charge in [-0.15, -0.1) is 0 Å². The van der Waals surface area contributed by atoms with Crippen LogP contribution in [0.2, 0.25) is 5.02 Å². The zero-order valence-electron chi connectivity index (χ0n) is 16.5. The lowest BCUT2D eigenvalue weighted by Crippen LogP contribution is -2.45. The van der Waals surface area contributed by atoms with Gasteiger partial charge in [0.1, 0.15) is 0 Å². The molecule has 0 unspecified atom stereocenters. The lowest BCUT2D eigenvalue weighted by molar-refractivity contribution is -0.121. The molecule has 0 heterocycles. The highest BCUT2D eigenvalue weighted by molar-refractivity contribution is 6.31. The third kappa shape index (κ3) is 5.97. The molecule has 2 aromatic rings. The maximum atomic E-state index is 12.2. The van der Waals surface area contributed by atoms with Gasteiger partial charge in [0.2, 0.25) is 0 Å². The Balaban J connectivity index is 1.80. The maximum Gasteiger partial charge on any atom is 0.269 e. The summed E-state index contributed by atoms with van der Waals surface area (Å²) in [7, 11) is 0. The van der Waals surface area contributed by atoms with Gasteiger partial charge in [-0.1, -0.05) is 29.8 Å². The first-order chi connectivity index (χ1) is 13.5. The van der Waals surface area contributed by atoms with Gasteiger partial charge < -0.3 is 10.2 Å². The third-order valence-electron chi connectivity index (χ3n) is 4.51. The van der Waals surface area contributed by atoms with E-state index in [2.05, 4.69) is 34.9 Å². The SMILES string of the molecule is CCN(CC)c1ccc(C(=O)NNC(=O)CN[C@@H](C)c2ccccc2Cl)cc1. The molecule has 2 rings (SSSR count). The molecule has 1 atom stereocenters. The predicted molar refractivity (Wildman–Crippen MR) is 113 cm³/mol. The van der Waals surface area contributed by atoms with E-state index in [9.17, 15) is 9.59 Å². The number of hydrazine groups is 1. The third-order valence-corrected chi connectivity index (χ3v) is 4.86. The molecule has 0 radical (unpaired) electrons. The minimum absolute atomic E-state index is 0.0492. The molecule has 0 saturated heterocycles. The van der Waals surface area contributed by atoms with Gasteiger partial charge in [0.25, 0.3) is 11.8 Å². The fourth-order valence-corrected chi connectivity index (χ4v) is 3.14. The van der Waals surface area contributed by atoms with E-state index < -0.39 is 0 Å². The van der Waals surface area contributed by atoms with Crippen molar-refractivity contribution in [2.45, 2.75) is 26.8 Å². The fraction of sp³-hybridized carbons (Fsp3) is 0.333. The van der Waals surface area contributed by atoms with E-state index in [4.69, 9.17) is 11.6 Å². The predicted octanol–water partition coefficient (Wildman–Crippen LogP) is 3.30. The molecule has 0 aliphatic rings. The van der Waals surface area contributed by atoms with Crippen LogP contribution in [0.25, 0.3) is 0 Å². The molecule has 2 aromatic carbocycles. The molecule has 7 heteroatoms. The van der Waals surface area contributed by atoms with Gasteiger partial charge in [-0.3, -0.25) is 20.4 Å². The normalized spacial score (nSPS) is 11.6. The number of nitrogens with one attached hydrogen (secondary N) is 3. The van der Waals surface area contributed by atoms with Crippen molar-refractivity contribution in [1.29, 1.82) is 0 Å². The van der Waals surface area contributed by atoms with Crippen LogP contribution in [-0.2, 0) is 4.79 Å². The molecule has 6 nitrogen and oxygen atoms in total. The molecular weight excluding hydrogens is 376 g/mol. The summed E-state index contributed by atoms with van der Waals surface area (Å²) in [5, 5.41) is 3.73. The van der Waals surface area contributed by atoms with Crippen LogP contribution in [0.3, 0.4) is 0 Å². The Bertz CT molecular complexity index is 791. The minimum atomic E-state index is -0.362. The topological polar surface area (TPSA) is 73.5 Å². The highest BCUT2D eigenvalue weighted by Gasteiger charge is 2.12. The van der Waals surface area contributed by atoms with Crippen LogP contribution in [0.1, 0.15) is 42.7 Å². The van der Waals surface area contributed by atoms with Gasteiger partial charge in [0.05, 0.1) is 6.54 Å². The van der Waals surface area contributed by atoms with E-state index >= 15 is 0 Å². The summed E-state index contributed by atoms with van der Waals surface area (Å²) in [6.45, 7) is 7.94. The number of carbonyl (C=O) groups is 2. The molecule has 0 saturated carbocycles. The summed E-state index contributed by atoms with van der Waals surface area (Å²) in [4.78, 5) is 26.4. The Hall–Kier alpha value is -2.57. The van der Waals surface area contributed by atoms with Crippen molar-refractivity contribution in [2.24, 2.45) is 0 Å². The number of rotatable bonds is 8. The van der Waals surface area contributed by atoms with Crippen molar-refractivity contribution >= 4 is 29.1 Å². The lowest BCUT2D eigenvalue weighted by atomic mass is 10.1. The molecule has 0 aromatic heterocycles. The number of hydrogen-bond acceptors (Lipinski definition) is 4. The van der Waals surface area contributed by atoms with E-state index in [0.717, 1.165) is 24.3 Å². The Labute approximate surface area is 171 Å². The van der Waals surface area contributed by atoms with Crippen LogP contribution < -0.4 is 21.1 Å². The van der Waals surface area contributed by atoms with Crippen LogP contribution in [-0.4, -0.2) is 31.4 Å². The number of hydrogen-bond donors (Lipinski definition) is 3. The zero-order valence-corrected chi connectivity index (χ0v) is 17.2. The number of benzene rings is 2. The van der Waals surface area contributed by atoms with Crippen molar-refractivity contribution < 1.29 is 9.59 Å². The summed E-state index contributed by atoms with van der Waals surface area (Å²) < 4.78 is 0. The van der Waals surface area contributed by atoms with E-state index in [1.54, 1.807) is 18.2 Å². The highest BCUT2D eigenvalue weighted by Crippen LogP contribution is 2.21. The minimum Gasteiger partial charge on any atom is -0.372 e. The average molecular weight is 403 g/mol. The van der Waals surface area contributed by atoms with Crippen molar-refractivity contribution in [3.8, 4) is 0 Å². The Morgan fingerprint density at radius 2 is 1.64 bits per heavy atom. The van der Waals surface area contributed by atoms with Crippen LogP contribution in [0.15, 0.2) is 48.5 Å². The first-order valence-corrected chi connectivity index (χ1v) is 9.76. The molecule has 0 aliphatic carbocycles. The number of halogens is 1. The first-order valence-electron chi connectivity index (χ1n) is 9.38. The number of nitrogens with zero attached hydrogens (tertiary/aromatic N) is 1. The second-order valence-corrected chi connectivity index (χ2v) is 6.75. The summed E-state index contributed by atoms with van der Waals surface area (Å²) in [5.41, 5.74) is 7.30. The van der Waals surface area contributed by atoms with Gasteiger partial charge >= 0.3 is 0 Å². The van der Waals surface area contributed by atoms with Gasteiger partial charge in [-0.25, -0.2) is 0 Å². The monoisotopic (exact) mass is 402 g/mol. The highest BCUT2D eigenvalue weighted by atomic mass is 35.5. The van der Waals surface area contributed by atoms with Gasteiger partial charge in [-0.2, -0.15) is 0 Å². The first kappa shape index (κ1) is 21.7. The summed E-state index contributed by atoms with van der Waals surface area (Å²) in [5.74, 6) is -0.703. The maximum absolute atomic E-state index is 12.2. The molecule has 28 heavy (non-hydrogen) atoms. The van der Waals surface area contributed by atoms with Crippen LogP contribution >= 0.6 is 11.6 Å². The number of carbonyl (C=O) groups excluding carboxylic acids is 2. The van der Waals surface area contributed by atoms with Gasteiger partial charge in [0.15, 0.2) is 0 Å². The molecule has 0 fully saturated rings.